The van der Waals surface area contributed by atoms with Crippen molar-refractivity contribution >= 4 is 28.2 Å². The summed E-state index contributed by atoms with van der Waals surface area (Å²) in [6, 6.07) is 21.9. The summed E-state index contributed by atoms with van der Waals surface area (Å²) in [6.45, 7) is 1.88. The number of aryl methyl sites for hydroxylation is 1. The standard InChI is InChI=1S/C23H17ClN2O2/c1-15-6-8-17(9-7-15)22-19-4-2-3-5-20(19)23(28)26(25-22)14-21(27)16-10-12-18(24)13-11-16/h2-13H,14H2,1H3. The summed E-state index contributed by atoms with van der Waals surface area (Å²) >= 11 is 5.89. The SMILES string of the molecule is Cc1ccc(-c2nn(CC(=O)c3ccc(Cl)cc3)c(=O)c3ccccc23)cc1. The van der Waals surface area contributed by atoms with Crippen molar-refractivity contribution in [3.05, 3.63) is 99.3 Å². The number of nitrogens with zero attached hydrogens (tertiary/aromatic N) is 2. The van der Waals surface area contributed by atoms with Gasteiger partial charge in [0.05, 0.1) is 11.1 Å². The summed E-state index contributed by atoms with van der Waals surface area (Å²) in [7, 11) is 0. The van der Waals surface area contributed by atoms with Crippen LogP contribution in [0, 0.1) is 6.92 Å². The van der Waals surface area contributed by atoms with E-state index in [0.29, 0.717) is 21.7 Å². The van der Waals surface area contributed by atoms with Crippen LogP contribution >= 0.6 is 11.6 Å². The molecular formula is C23H17ClN2O2. The minimum absolute atomic E-state index is 0.135. The number of hydrogen-bond donors (Lipinski definition) is 0. The number of carbonyl (C=O) groups excluding carboxylic acids is 1. The van der Waals surface area contributed by atoms with Crippen molar-refractivity contribution in [3.8, 4) is 11.3 Å². The molecule has 0 atom stereocenters. The molecule has 0 radical (unpaired) electrons. The molecule has 4 nitrogen and oxygen atoms in total. The molecule has 0 saturated carbocycles. The van der Waals surface area contributed by atoms with Gasteiger partial charge in [-0.25, -0.2) is 4.68 Å². The van der Waals surface area contributed by atoms with E-state index < -0.39 is 0 Å². The zero-order chi connectivity index (χ0) is 19.7. The van der Waals surface area contributed by atoms with Crippen LogP contribution in [0.15, 0.2) is 77.6 Å². The van der Waals surface area contributed by atoms with Gasteiger partial charge in [0.2, 0.25) is 0 Å². The molecule has 5 heteroatoms. The van der Waals surface area contributed by atoms with Crippen LogP contribution in [0.4, 0.5) is 0 Å². The number of hydrogen-bond acceptors (Lipinski definition) is 3. The highest BCUT2D eigenvalue weighted by Gasteiger charge is 2.15. The Hall–Kier alpha value is -3.24. The molecule has 0 amide bonds. The normalized spacial score (nSPS) is 10.9. The monoisotopic (exact) mass is 388 g/mol. The molecule has 0 aliphatic rings. The molecule has 0 aliphatic heterocycles. The summed E-state index contributed by atoms with van der Waals surface area (Å²) in [5.74, 6) is -0.198. The van der Waals surface area contributed by atoms with E-state index in [2.05, 4.69) is 5.10 Å². The third-order valence-corrected chi connectivity index (χ3v) is 4.90. The fourth-order valence-electron chi connectivity index (χ4n) is 3.13. The van der Waals surface area contributed by atoms with Crippen molar-refractivity contribution in [3.63, 3.8) is 0 Å². The van der Waals surface area contributed by atoms with E-state index in [1.54, 1.807) is 30.3 Å². The van der Waals surface area contributed by atoms with Gasteiger partial charge in [-0.1, -0.05) is 59.6 Å². The quantitative estimate of drug-likeness (QED) is 0.467. The van der Waals surface area contributed by atoms with E-state index in [0.717, 1.165) is 16.5 Å². The van der Waals surface area contributed by atoms with Gasteiger partial charge in [-0.3, -0.25) is 9.59 Å². The van der Waals surface area contributed by atoms with Gasteiger partial charge in [0, 0.05) is 21.5 Å². The molecule has 0 N–H and O–H groups in total. The number of carbonyl (C=O) groups is 1. The summed E-state index contributed by atoms with van der Waals surface area (Å²) in [5, 5.41) is 6.40. The first kappa shape index (κ1) is 18.1. The van der Waals surface area contributed by atoms with Gasteiger partial charge in [0.15, 0.2) is 5.78 Å². The smallest absolute Gasteiger partial charge is 0.275 e. The van der Waals surface area contributed by atoms with Crippen molar-refractivity contribution in [1.82, 2.24) is 9.78 Å². The number of fused-ring (bicyclic) bond motifs is 1. The average Bonchev–Trinajstić information content (AvgIpc) is 2.71. The molecule has 4 rings (SSSR count). The number of rotatable bonds is 4. The minimum Gasteiger partial charge on any atom is -0.292 e. The minimum atomic E-state index is -0.284. The van der Waals surface area contributed by atoms with Crippen LogP contribution in [0.2, 0.25) is 5.02 Å². The van der Waals surface area contributed by atoms with Crippen LogP contribution in [0.1, 0.15) is 15.9 Å². The Labute approximate surface area is 167 Å². The summed E-state index contributed by atoms with van der Waals surface area (Å²) in [6.07, 6.45) is 0. The molecule has 1 heterocycles. The zero-order valence-electron chi connectivity index (χ0n) is 15.2. The Bertz CT molecular complexity index is 1230. The second-order valence-electron chi connectivity index (χ2n) is 6.65. The highest BCUT2D eigenvalue weighted by atomic mass is 35.5. The molecule has 0 aliphatic carbocycles. The Morgan fingerprint density at radius 3 is 2.25 bits per heavy atom. The first-order chi connectivity index (χ1) is 13.5. The molecule has 0 bridgehead atoms. The third kappa shape index (κ3) is 3.47. The molecule has 28 heavy (non-hydrogen) atoms. The fraction of sp³-hybridized carbons (Fsp3) is 0.0870. The van der Waals surface area contributed by atoms with Crippen molar-refractivity contribution in [1.29, 1.82) is 0 Å². The highest BCUT2D eigenvalue weighted by Crippen LogP contribution is 2.25. The third-order valence-electron chi connectivity index (χ3n) is 4.65. The van der Waals surface area contributed by atoms with Crippen molar-refractivity contribution in [2.24, 2.45) is 0 Å². The van der Waals surface area contributed by atoms with Gasteiger partial charge in [-0.15, -0.1) is 0 Å². The molecule has 0 saturated heterocycles. The van der Waals surface area contributed by atoms with Crippen LogP contribution < -0.4 is 5.56 Å². The second-order valence-corrected chi connectivity index (χ2v) is 7.09. The zero-order valence-corrected chi connectivity index (χ0v) is 16.0. The van der Waals surface area contributed by atoms with E-state index in [4.69, 9.17) is 11.6 Å². The van der Waals surface area contributed by atoms with E-state index in [1.165, 1.54) is 4.68 Å². The Balaban J connectivity index is 1.83. The molecule has 0 spiro atoms. The number of aromatic nitrogens is 2. The first-order valence-corrected chi connectivity index (χ1v) is 9.26. The lowest BCUT2D eigenvalue weighted by Gasteiger charge is -2.11. The average molecular weight is 389 g/mol. The predicted molar refractivity (Wildman–Crippen MR) is 112 cm³/mol. The van der Waals surface area contributed by atoms with Gasteiger partial charge >= 0.3 is 0 Å². The lowest BCUT2D eigenvalue weighted by molar-refractivity contribution is 0.0966. The number of ketones is 1. The van der Waals surface area contributed by atoms with Crippen molar-refractivity contribution in [2.45, 2.75) is 13.5 Å². The maximum absolute atomic E-state index is 12.9. The molecule has 4 aromatic rings. The molecule has 3 aromatic carbocycles. The maximum Gasteiger partial charge on any atom is 0.275 e. The Kier molecular flexibility index (Phi) is 4.80. The van der Waals surface area contributed by atoms with E-state index in [-0.39, 0.29) is 17.9 Å². The van der Waals surface area contributed by atoms with Crippen LogP contribution in [0.5, 0.6) is 0 Å². The highest BCUT2D eigenvalue weighted by molar-refractivity contribution is 6.30. The summed E-state index contributed by atoms with van der Waals surface area (Å²) in [4.78, 5) is 25.6. The number of benzene rings is 3. The van der Waals surface area contributed by atoms with Crippen molar-refractivity contribution in [2.75, 3.05) is 0 Å². The molecular weight excluding hydrogens is 372 g/mol. The molecule has 0 unspecified atom stereocenters. The first-order valence-electron chi connectivity index (χ1n) is 8.88. The van der Waals surface area contributed by atoms with Gasteiger partial charge in [-0.2, -0.15) is 5.10 Å². The fourth-order valence-corrected chi connectivity index (χ4v) is 3.26. The largest absolute Gasteiger partial charge is 0.292 e. The summed E-state index contributed by atoms with van der Waals surface area (Å²) in [5.41, 5.74) is 2.92. The number of halogens is 1. The van der Waals surface area contributed by atoms with Gasteiger partial charge in [-0.05, 0) is 37.3 Å². The van der Waals surface area contributed by atoms with Crippen molar-refractivity contribution < 1.29 is 4.79 Å². The predicted octanol–water partition coefficient (Wildman–Crippen LogP) is 4.91. The van der Waals surface area contributed by atoms with E-state index >= 15 is 0 Å². The molecule has 0 fully saturated rings. The lowest BCUT2D eigenvalue weighted by atomic mass is 10.0. The van der Waals surface area contributed by atoms with Crippen LogP contribution in [0.25, 0.3) is 22.0 Å². The topological polar surface area (TPSA) is 52.0 Å². The Morgan fingerprint density at radius 2 is 1.57 bits per heavy atom. The Morgan fingerprint density at radius 1 is 0.929 bits per heavy atom. The summed E-state index contributed by atoms with van der Waals surface area (Å²) < 4.78 is 1.24. The molecule has 138 valence electrons. The maximum atomic E-state index is 12.9. The molecule has 1 aromatic heterocycles. The van der Waals surface area contributed by atoms with Gasteiger partial charge < -0.3 is 0 Å². The number of Topliss-reactive ketones (excluding diaryl/α,β-unsaturated/α-hetero) is 1. The van der Waals surface area contributed by atoms with Crippen LogP contribution in [-0.2, 0) is 6.54 Å². The van der Waals surface area contributed by atoms with Gasteiger partial charge in [0.1, 0.15) is 6.54 Å². The van der Waals surface area contributed by atoms with Crippen LogP contribution in [0.3, 0.4) is 0 Å². The van der Waals surface area contributed by atoms with E-state index in [1.807, 2.05) is 49.4 Å². The van der Waals surface area contributed by atoms with Crippen LogP contribution in [-0.4, -0.2) is 15.6 Å². The van der Waals surface area contributed by atoms with Gasteiger partial charge in [0.25, 0.3) is 5.56 Å². The van der Waals surface area contributed by atoms with E-state index in [9.17, 15) is 9.59 Å². The lowest BCUT2D eigenvalue weighted by Crippen LogP contribution is -2.27. The second kappa shape index (κ2) is 7.41.